The molecule has 1 aromatic rings. The smallest absolute Gasteiger partial charge is 0.416 e. The fourth-order valence-electron chi connectivity index (χ4n) is 1.78. The van der Waals surface area contributed by atoms with Crippen LogP contribution in [-0.4, -0.2) is 34.7 Å². The van der Waals surface area contributed by atoms with Crippen molar-refractivity contribution < 1.29 is 27.9 Å². The number of benzene rings is 1. The largest absolute Gasteiger partial charge is 0.478 e. The van der Waals surface area contributed by atoms with Gasteiger partial charge < -0.3 is 10.4 Å². The van der Waals surface area contributed by atoms with Crippen LogP contribution in [0, 0.1) is 0 Å². The van der Waals surface area contributed by atoms with Crippen LogP contribution < -0.4 is 10.6 Å². The van der Waals surface area contributed by atoms with Gasteiger partial charge in [0.25, 0.3) is 0 Å². The molecule has 1 amide bonds. The highest BCUT2D eigenvalue weighted by molar-refractivity contribution is 7.99. The second-order valence-corrected chi connectivity index (χ2v) is 5.39. The summed E-state index contributed by atoms with van der Waals surface area (Å²) in [6, 6.07) is 1.74. The van der Waals surface area contributed by atoms with Crippen LogP contribution in [0.5, 0.6) is 0 Å². The molecule has 1 unspecified atom stereocenters. The summed E-state index contributed by atoms with van der Waals surface area (Å²) >= 11 is 1.49. The Hall–Kier alpha value is -1.74. The molecular formula is C12H11F3N2O3S. The lowest BCUT2D eigenvalue weighted by Gasteiger charge is -2.14. The zero-order valence-electron chi connectivity index (χ0n) is 10.5. The number of carboxylic acids is 1. The number of hydrogen-bond donors (Lipinski definition) is 3. The number of carbonyl (C=O) groups is 2. The lowest BCUT2D eigenvalue weighted by molar-refractivity contribution is -0.137. The van der Waals surface area contributed by atoms with Crippen LogP contribution in [0.25, 0.3) is 0 Å². The lowest BCUT2D eigenvalue weighted by atomic mass is 10.1. The van der Waals surface area contributed by atoms with Gasteiger partial charge in [0.2, 0.25) is 5.91 Å². The van der Waals surface area contributed by atoms with Crippen molar-refractivity contribution in [3.05, 3.63) is 29.3 Å². The van der Waals surface area contributed by atoms with Gasteiger partial charge in [0, 0.05) is 17.3 Å². The van der Waals surface area contributed by atoms with Gasteiger partial charge in [-0.3, -0.25) is 10.1 Å². The van der Waals surface area contributed by atoms with Gasteiger partial charge >= 0.3 is 12.1 Å². The van der Waals surface area contributed by atoms with Crippen molar-refractivity contribution in [2.75, 3.05) is 16.9 Å². The zero-order chi connectivity index (χ0) is 15.6. The third-order valence-corrected chi connectivity index (χ3v) is 3.75. The van der Waals surface area contributed by atoms with Crippen molar-refractivity contribution in [1.29, 1.82) is 0 Å². The molecule has 1 saturated heterocycles. The average molecular weight is 320 g/mol. The number of alkyl halides is 3. The molecule has 1 atom stereocenters. The lowest BCUT2D eigenvalue weighted by Crippen LogP contribution is -2.37. The van der Waals surface area contributed by atoms with E-state index in [0.717, 1.165) is 6.07 Å². The van der Waals surface area contributed by atoms with E-state index in [2.05, 4.69) is 10.6 Å². The molecule has 2 rings (SSSR count). The Morgan fingerprint density at radius 1 is 1.33 bits per heavy atom. The molecule has 0 aromatic heterocycles. The number of rotatable bonds is 3. The molecule has 0 radical (unpaired) electrons. The number of carboxylic acid groups (broad SMARTS) is 1. The summed E-state index contributed by atoms with van der Waals surface area (Å²) in [4.78, 5) is 22.7. The highest BCUT2D eigenvalue weighted by Crippen LogP contribution is 2.32. The van der Waals surface area contributed by atoms with Crippen LogP contribution in [0.1, 0.15) is 15.9 Å². The minimum atomic E-state index is -4.69. The topological polar surface area (TPSA) is 78.4 Å². The Morgan fingerprint density at radius 3 is 2.57 bits per heavy atom. The van der Waals surface area contributed by atoms with E-state index in [0.29, 0.717) is 23.8 Å². The molecule has 0 spiro atoms. The van der Waals surface area contributed by atoms with Gasteiger partial charge in [-0.05, 0) is 18.2 Å². The second kappa shape index (κ2) is 5.94. The molecule has 3 N–H and O–H groups in total. The molecule has 1 fully saturated rings. The second-order valence-electron chi connectivity index (χ2n) is 4.36. The summed E-state index contributed by atoms with van der Waals surface area (Å²) in [7, 11) is 0. The summed E-state index contributed by atoms with van der Waals surface area (Å²) in [5, 5.41) is 14.0. The molecule has 5 nitrogen and oxygen atoms in total. The molecule has 1 heterocycles. The van der Waals surface area contributed by atoms with Crippen LogP contribution in [0.15, 0.2) is 18.2 Å². The van der Waals surface area contributed by atoms with Crippen molar-refractivity contribution in [1.82, 2.24) is 5.32 Å². The van der Waals surface area contributed by atoms with E-state index in [1.54, 1.807) is 0 Å². The van der Waals surface area contributed by atoms with Gasteiger partial charge in [0.05, 0.1) is 17.2 Å². The molecule has 1 aromatic carbocycles. The van der Waals surface area contributed by atoms with E-state index in [1.165, 1.54) is 11.8 Å². The van der Waals surface area contributed by atoms with E-state index >= 15 is 0 Å². The van der Waals surface area contributed by atoms with Crippen molar-refractivity contribution >= 4 is 29.3 Å². The van der Waals surface area contributed by atoms with Gasteiger partial charge in [-0.2, -0.15) is 13.2 Å². The van der Waals surface area contributed by atoms with Crippen LogP contribution in [0.3, 0.4) is 0 Å². The fraction of sp³-hybridized carbons (Fsp3) is 0.333. The molecule has 0 saturated carbocycles. The number of hydrogen-bond acceptors (Lipinski definition) is 4. The first-order chi connectivity index (χ1) is 9.77. The van der Waals surface area contributed by atoms with E-state index in [9.17, 15) is 22.8 Å². The normalized spacial score (nSPS) is 18.5. The Kier molecular flexibility index (Phi) is 4.43. The predicted octanol–water partition coefficient (Wildman–Crippen LogP) is 2.00. The fourth-order valence-corrected chi connectivity index (χ4v) is 2.72. The van der Waals surface area contributed by atoms with Crippen molar-refractivity contribution in [2.45, 2.75) is 12.2 Å². The van der Waals surface area contributed by atoms with E-state index in [4.69, 9.17) is 5.11 Å². The number of nitrogens with one attached hydrogen (secondary N) is 2. The summed E-state index contributed by atoms with van der Waals surface area (Å²) in [6.45, 7) is 0. The first kappa shape index (κ1) is 15.6. The van der Waals surface area contributed by atoms with E-state index < -0.39 is 35.2 Å². The van der Waals surface area contributed by atoms with Gasteiger partial charge in [-0.1, -0.05) is 0 Å². The number of carbonyl (C=O) groups excluding carboxylic acids is 1. The average Bonchev–Trinajstić information content (AvgIpc) is 2.91. The van der Waals surface area contributed by atoms with Crippen LogP contribution in [-0.2, 0) is 11.0 Å². The monoisotopic (exact) mass is 320 g/mol. The Balaban J connectivity index is 2.27. The molecule has 0 aliphatic carbocycles. The van der Waals surface area contributed by atoms with E-state index in [-0.39, 0.29) is 5.69 Å². The predicted molar refractivity (Wildman–Crippen MR) is 71.3 cm³/mol. The maximum Gasteiger partial charge on any atom is 0.416 e. The van der Waals surface area contributed by atoms with Crippen molar-refractivity contribution in [3.63, 3.8) is 0 Å². The minimum Gasteiger partial charge on any atom is -0.478 e. The standard InChI is InChI=1S/C12H11F3N2O3S/c13-12(14,15)7-1-6(11(19)20)2-8(3-7)17-10(18)9-4-21-5-16-9/h1-3,9,16H,4-5H2,(H,17,18)(H,19,20). The molecule has 21 heavy (non-hydrogen) atoms. The highest BCUT2D eigenvalue weighted by atomic mass is 32.2. The number of amides is 1. The SMILES string of the molecule is O=C(O)c1cc(NC(=O)C2CSCN2)cc(C(F)(F)F)c1. The summed E-state index contributed by atoms with van der Waals surface area (Å²) < 4.78 is 38.2. The molecular weight excluding hydrogens is 309 g/mol. The minimum absolute atomic E-state index is 0.189. The van der Waals surface area contributed by atoms with Crippen molar-refractivity contribution in [3.8, 4) is 0 Å². The molecule has 1 aliphatic rings. The summed E-state index contributed by atoms with van der Waals surface area (Å²) in [5.41, 5.74) is -1.84. The Bertz CT molecular complexity index is 571. The Labute approximate surface area is 121 Å². The number of aromatic carboxylic acids is 1. The maximum absolute atomic E-state index is 12.7. The van der Waals surface area contributed by atoms with Gasteiger partial charge in [0.1, 0.15) is 0 Å². The first-order valence-corrected chi connectivity index (χ1v) is 7.00. The molecule has 114 valence electrons. The van der Waals surface area contributed by atoms with Crippen LogP contribution in [0.2, 0.25) is 0 Å². The molecule has 9 heteroatoms. The van der Waals surface area contributed by atoms with Gasteiger partial charge in [0.15, 0.2) is 0 Å². The van der Waals surface area contributed by atoms with E-state index in [1.807, 2.05) is 0 Å². The van der Waals surface area contributed by atoms with Crippen LogP contribution in [0.4, 0.5) is 18.9 Å². The molecule has 1 aliphatic heterocycles. The number of thioether (sulfide) groups is 1. The summed E-state index contributed by atoms with van der Waals surface area (Å²) in [5.74, 6) is -0.890. The summed E-state index contributed by atoms with van der Waals surface area (Å²) in [6.07, 6.45) is -4.69. The first-order valence-electron chi connectivity index (χ1n) is 5.85. The van der Waals surface area contributed by atoms with Gasteiger partial charge in [-0.25, -0.2) is 4.79 Å². The third-order valence-electron chi connectivity index (χ3n) is 2.81. The maximum atomic E-state index is 12.7. The third kappa shape index (κ3) is 3.88. The zero-order valence-corrected chi connectivity index (χ0v) is 11.3. The number of anilines is 1. The molecule has 0 bridgehead atoms. The highest BCUT2D eigenvalue weighted by Gasteiger charge is 2.32. The number of halogens is 3. The van der Waals surface area contributed by atoms with Crippen molar-refractivity contribution in [2.24, 2.45) is 0 Å². The Morgan fingerprint density at radius 2 is 2.05 bits per heavy atom. The quantitative estimate of drug-likeness (QED) is 0.794. The van der Waals surface area contributed by atoms with Gasteiger partial charge in [-0.15, -0.1) is 11.8 Å². The van der Waals surface area contributed by atoms with Crippen LogP contribution >= 0.6 is 11.8 Å².